The molecule has 0 unspecified atom stereocenters. The van der Waals surface area contributed by atoms with E-state index in [0.717, 1.165) is 21.9 Å². The molecule has 2 aromatic heterocycles. The fourth-order valence-electron chi connectivity index (χ4n) is 9.68. The molecule has 0 radical (unpaired) electrons. The van der Waals surface area contributed by atoms with Gasteiger partial charge in [-0.1, -0.05) is 158 Å². The Morgan fingerprint density at radius 2 is 1.02 bits per heavy atom. The molecule has 55 heavy (non-hydrogen) atoms. The van der Waals surface area contributed by atoms with Gasteiger partial charge in [-0.2, -0.15) is 0 Å². The SMILES string of the molecule is c1ccc(-c2ccc(N(c3ccc4c(c3)-c3ccccc3C43c4ccccc4-c4ccccc43)c3ccnc4sc5c6ccccc6ccc5c34)cc2)cc1. The number of nitrogens with zero attached hydrogens (tertiary/aromatic N) is 2. The molecule has 1 spiro atoms. The average molecular weight is 717 g/mol. The van der Waals surface area contributed by atoms with Gasteiger partial charge < -0.3 is 4.90 Å². The number of anilines is 3. The maximum atomic E-state index is 4.98. The van der Waals surface area contributed by atoms with E-state index in [1.807, 2.05) is 6.20 Å². The van der Waals surface area contributed by atoms with Crippen LogP contribution in [-0.2, 0) is 5.41 Å². The van der Waals surface area contributed by atoms with Crippen molar-refractivity contribution in [3.05, 3.63) is 217 Å². The summed E-state index contributed by atoms with van der Waals surface area (Å²) < 4.78 is 1.27. The van der Waals surface area contributed by atoms with Crippen LogP contribution in [0.15, 0.2) is 194 Å². The van der Waals surface area contributed by atoms with E-state index < -0.39 is 0 Å². The zero-order chi connectivity index (χ0) is 36.1. The second kappa shape index (κ2) is 11.6. The number of fused-ring (bicyclic) bond motifs is 15. The smallest absolute Gasteiger partial charge is 0.126 e. The maximum Gasteiger partial charge on any atom is 0.126 e. The van der Waals surface area contributed by atoms with Crippen molar-refractivity contribution in [2.75, 3.05) is 4.90 Å². The van der Waals surface area contributed by atoms with E-state index in [0.29, 0.717) is 0 Å². The number of rotatable bonds is 4. The summed E-state index contributed by atoms with van der Waals surface area (Å²) in [7, 11) is 0. The molecular formula is C52H32N2S. The van der Waals surface area contributed by atoms with Crippen LogP contribution in [0.5, 0.6) is 0 Å². The van der Waals surface area contributed by atoms with Crippen molar-refractivity contribution in [1.29, 1.82) is 0 Å². The fraction of sp³-hybridized carbons (Fsp3) is 0.0192. The minimum atomic E-state index is -0.381. The summed E-state index contributed by atoms with van der Waals surface area (Å²) in [5.41, 5.74) is 16.0. The van der Waals surface area contributed by atoms with Crippen molar-refractivity contribution in [1.82, 2.24) is 4.98 Å². The van der Waals surface area contributed by atoms with Crippen LogP contribution in [0.2, 0.25) is 0 Å². The Morgan fingerprint density at radius 1 is 0.436 bits per heavy atom. The lowest BCUT2D eigenvalue weighted by molar-refractivity contribution is 0.794. The van der Waals surface area contributed by atoms with E-state index in [-0.39, 0.29) is 5.41 Å². The normalized spacial score (nSPS) is 13.2. The third-order valence-corrected chi connectivity index (χ3v) is 13.1. The number of pyridine rings is 1. The lowest BCUT2D eigenvalue weighted by Crippen LogP contribution is -2.25. The summed E-state index contributed by atoms with van der Waals surface area (Å²) >= 11 is 1.79. The van der Waals surface area contributed by atoms with Gasteiger partial charge in [-0.3, -0.25) is 0 Å². The molecule has 2 aliphatic rings. The molecule has 0 fully saturated rings. The van der Waals surface area contributed by atoms with Crippen molar-refractivity contribution < 1.29 is 0 Å². The molecule has 0 amide bonds. The highest BCUT2D eigenvalue weighted by molar-refractivity contribution is 7.26. The highest BCUT2D eigenvalue weighted by Crippen LogP contribution is 2.63. The molecule has 2 aliphatic carbocycles. The first-order chi connectivity index (χ1) is 27.3. The quantitative estimate of drug-likeness (QED) is 0.180. The van der Waals surface area contributed by atoms with E-state index in [9.17, 15) is 0 Å². The Kier molecular flexibility index (Phi) is 6.46. The van der Waals surface area contributed by atoms with Crippen LogP contribution < -0.4 is 4.90 Å². The topological polar surface area (TPSA) is 16.1 Å². The third-order valence-electron chi connectivity index (χ3n) is 12.0. The predicted molar refractivity (Wildman–Crippen MR) is 231 cm³/mol. The largest absolute Gasteiger partial charge is 0.310 e. The lowest BCUT2D eigenvalue weighted by atomic mass is 9.70. The zero-order valence-electron chi connectivity index (χ0n) is 29.8. The van der Waals surface area contributed by atoms with Crippen molar-refractivity contribution >= 4 is 59.5 Å². The molecule has 3 heteroatoms. The van der Waals surface area contributed by atoms with Crippen molar-refractivity contribution in [2.45, 2.75) is 5.41 Å². The molecule has 0 atom stereocenters. The minimum absolute atomic E-state index is 0.381. The Balaban J connectivity index is 1.12. The molecular weight excluding hydrogens is 685 g/mol. The number of hydrogen-bond donors (Lipinski definition) is 0. The summed E-state index contributed by atoms with van der Waals surface area (Å²) in [4.78, 5) is 8.47. The minimum Gasteiger partial charge on any atom is -0.310 e. The molecule has 12 rings (SSSR count). The first-order valence-electron chi connectivity index (χ1n) is 18.9. The molecule has 0 bridgehead atoms. The van der Waals surface area contributed by atoms with E-state index in [1.54, 1.807) is 11.3 Å². The zero-order valence-corrected chi connectivity index (χ0v) is 30.6. The van der Waals surface area contributed by atoms with E-state index in [2.05, 4.69) is 193 Å². The molecule has 8 aromatic carbocycles. The van der Waals surface area contributed by atoms with Crippen LogP contribution in [0, 0.1) is 0 Å². The van der Waals surface area contributed by atoms with Gasteiger partial charge in [0.1, 0.15) is 4.83 Å². The number of thiophene rings is 1. The highest BCUT2D eigenvalue weighted by atomic mass is 32.1. The van der Waals surface area contributed by atoms with Crippen LogP contribution in [0.25, 0.3) is 64.5 Å². The number of benzene rings is 8. The Morgan fingerprint density at radius 3 is 1.75 bits per heavy atom. The van der Waals surface area contributed by atoms with Gasteiger partial charge in [-0.25, -0.2) is 4.98 Å². The molecule has 10 aromatic rings. The second-order valence-corrected chi connectivity index (χ2v) is 15.6. The molecule has 2 heterocycles. The first-order valence-corrected chi connectivity index (χ1v) is 19.7. The van der Waals surface area contributed by atoms with Gasteiger partial charge in [0.05, 0.1) is 11.1 Å². The first kappa shape index (κ1) is 30.6. The molecule has 256 valence electrons. The number of hydrogen-bond acceptors (Lipinski definition) is 3. The Bertz CT molecular complexity index is 3110. The molecule has 0 aliphatic heterocycles. The summed E-state index contributed by atoms with van der Waals surface area (Å²) in [5.74, 6) is 0. The lowest BCUT2D eigenvalue weighted by Gasteiger charge is -2.31. The summed E-state index contributed by atoms with van der Waals surface area (Å²) in [6.45, 7) is 0. The van der Waals surface area contributed by atoms with E-state index in [1.165, 1.54) is 81.9 Å². The van der Waals surface area contributed by atoms with Crippen LogP contribution >= 0.6 is 11.3 Å². The summed E-state index contributed by atoms with van der Waals surface area (Å²) in [6.07, 6.45) is 1.98. The van der Waals surface area contributed by atoms with Gasteiger partial charge in [0.15, 0.2) is 0 Å². The molecule has 0 N–H and O–H groups in total. The van der Waals surface area contributed by atoms with E-state index in [4.69, 9.17) is 4.98 Å². The number of aromatic nitrogens is 1. The van der Waals surface area contributed by atoms with Gasteiger partial charge in [0.25, 0.3) is 0 Å². The Hall–Kier alpha value is -6.81. The monoisotopic (exact) mass is 716 g/mol. The average Bonchev–Trinajstić information content (AvgIpc) is 3.89. The van der Waals surface area contributed by atoms with Gasteiger partial charge in [-0.05, 0) is 96.7 Å². The van der Waals surface area contributed by atoms with E-state index >= 15 is 0 Å². The molecule has 2 nitrogen and oxygen atoms in total. The highest BCUT2D eigenvalue weighted by Gasteiger charge is 2.51. The summed E-state index contributed by atoms with van der Waals surface area (Å²) in [5, 5.41) is 4.93. The predicted octanol–water partition coefficient (Wildman–Crippen LogP) is 14.1. The summed E-state index contributed by atoms with van der Waals surface area (Å²) in [6, 6.07) is 69.4. The van der Waals surface area contributed by atoms with Crippen LogP contribution in [0.4, 0.5) is 17.1 Å². The standard InChI is InChI=1S/C52H32N2S/c1-2-12-33(13-3-1)34-22-25-36(26-23-34)54(48-30-31-53-51-49(48)42-28-24-35-14-4-5-15-38(35)50(42)55-51)37-27-29-47-43(32-37)41-18-8-11-21-46(41)52(47)44-19-9-6-16-39(44)40-17-7-10-20-45(40)52/h1-32H. The van der Waals surface area contributed by atoms with Crippen molar-refractivity contribution in [3.8, 4) is 33.4 Å². The third kappa shape index (κ3) is 4.22. The van der Waals surface area contributed by atoms with Crippen molar-refractivity contribution in [3.63, 3.8) is 0 Å². The second-order valence-electron chi connectivity index (χ2n) is 14.6. The Labute approximate surface area is 323 Å². The van der Waals surface area contributed by atoms with Gasteiger partial charge in [0, 0.05) is 33.0 Å². The van der Waals surface area contributed by atoms with Gasteiger partial charge in [-0.15, -0.1) is 11.3 Å². The molecule has 0 saturated carbocycles. The maximum absolute atomic E-state index is 4.98. The van der Waals surface area contributed by atoms with Crippen LogP contribution in [0.1, 0.15) is 22.3 Å². The van der Waals surface area contributed by atoms with Gasteiger partial charge in [0.2, 0.25) is 0 Å². The van der Waals surface area contributed by atoms with Gasteiger partial charge >= 0.3 is 0 Å². The van der Waals surface area contributed by atoms with Crippen molar-refractivity contribution in [2.24, 2.45) is 0 Å². The van der Waals surface area contributed by atoms with Crippen LogP contribution in [0.3, 0.4) is 0 Å². The fourth-order valence-corrected chi connectivity index (χ4v) is 10.9. The molecule has 0 saturated heterocycles. The van der Waals surface area contributed by atoms with Crippen LogP contribution in [-0.4, -0.2) is 4.98 Å².